The number of piperidine rings is 1. The van der Waals surface area contributed by atoms with Crippen LogP contribution in [0.15, 0.2) is 23.3 Å². The molecule has 1 saturated heterocycles. The number of benzene rings is 1. The molecule has 3 rings (SSSR count). The molecule has 2 heterocycles. The summed E-state index contributed by atoms with van der Waals surface area (Å²) in [5.74, 6) is -0.569. The normalized spacial score (nSPS) is 18.7. The van der Waals surface area contributed by atoms with Gasteiger partial charge in [0.25, 0.3) is 0 Å². The molecule has 9 heteroatoms. The lowest BCUT2D eigenvalue weighted by Gasteiger charge is -2.29. The van der Waals surface area contributed by atoms with E-state index in [-0.39, 0.29) is 18.4 Å². The van der Waals surface area contributed by atoms with Crippen molar-refractivity contribution in [3.63, 3.8) is 0 Å². The highest BCUT2D eigenvalue weighted by molar-refractivity contribution is 6.42. The molecule has 0 bridgehead atoms. The fourth-order valence-electron chi connectivity index (χ4n) is 3.12. The number of hydrogen-bond donors (Lipinski definition) is 2. The van der Waals surface area contributed by atoms with Gasteiger partial charge in [-0.3, -0.25) is 19.5 Å². The van der Waals surface area contributed by atoms with Crippen molar-refractivity contribution in [1.29, 1.82) is 0 Å². The summed E-state index contributed by atoms with van der Waals surface area (Å²) >= 11 is 12.0. The molecule has 1 aromatic rings. The van der Waals surface area contributed by atoms with E-state index in [1.165, 1.54) is 0 Å². The average molecular weight is 399 g/mol. The number of likely N-dealkylation sites (tertiary alicyclic amines) is 1. The second-order valence-electron chi connectivity index (χ2n) is 6.46. The van der Waals surface area contributed by atoms with Crippen LogP contribution in [-0.2, 0) is 9.59 Å². The van der Waals surface area contributed by atoms with Gasteiger partial charge in [-0.15, -0.1) is 0 Å². The number of nitrogens with zero attached hydrogens (tertiary/aromatic N) is 3. The monoisotopic (exact) mass is 398 g/mol. The standard InChI is InChI=1S/C17H20Cl2N4O3/c18-13-2-1-12(9-14(13)19)23-8-5-15(21-23)20-16(24)10-22-6-3-11(4-7-22)17(25)26/h1-2,9,11H,3-8,10H2,(H,25,26)(H,20,21,24). The van der Waals surface area contributed by atoms with E-state index < -0.39 is 5.97 Å². The van der Waals surface area contributed by atoms with Crippen LogP contribution in [0.1, 0.15) is 19.3 Å². The largest absolute Gasteiger partial charge is 0.481 e. The Morgan fingerprint density at radius 3 is 2.58 bits per heavy atom. The smallest absolute Gasteiger partial charge is 0.306 e. The van der Waals surface area contributed by atoms with Gasteiger partial charge in [0.2, 0.25) is 5.91 Å². The molecule has 1 aromatic carbocycles. The van der Waals surface area contributed by atoms with Crippen molar-refractivity contribution in [2.75, 3.05) is 31.2 Å². The fourth-order valence-corrected chi connectivity index (χ4v) is 3.41. The maximum Gasteiger partial charge on any atom is 0.306 e. The Morgan fingerprint density at radius 1 is 1.19 bits per heavy atom. The summed E-state index contributed by atoms with van der Waals surface area (Å²) in [6.07, 6.45) is 1.79. The second kappa shape index (κ2) is 8.24. The van der Waals surface area contributed by atoms with Crippen LogP contribution in [0, 0.1) is 5.92 Å². The van der Waals surface area contributed by atoms with E-state index in [1.54, 1.807) is 17.1 Å². The lowest BCUT2D eigenvalue weighted by atomic mass is 9.97. The van der Waals surface area contributed by atoms with Gasteiger partial charge in [-0.2, -0.15) is 5.10 Å². The second-order valence-corrected chi connectivity index (χ2v) is 7.27. The number of hydrogen-bond acceptors (Lipinski definition) is 5. The molecule has 140 valence electrons. The van der Waals surface area contributed by atoms with Gasteiger partial charge in [0.15, 0.2) is 0 Å². The van der Waals surface area contributed by atoms with Gasteiger partial charge >= 0.3 is 5.97 Å². The highest BCUT2D eigenvalue weighted by atomic mass is 35.5. The topological polar surface area (TPSA) is 85.2 Å². The molecule has 0 aliphatic carbocycles. The number of aliphatic carboxylic acids is 1. The number of carbonyl (C=O) groups excluding carboxylic acids is 1. The van der Waals surface area contributed by atoms with E-state index in [4.69, 9.17) is 28.3 Å². The molecule has 2 aliphatic heterocycles. The van der Waals surface area contributed by atoms with Gasteiger partial charge in [-0.05, 0) is 44.1 Å². The van der Waals surface area contributed by atoms with Gasteiger partial charge in [-0.25, -0.2) is 0 Å². The minimum Gasteiger partial charge on any atom is -0.481 e. The molecule has 26 heavy (non-hydrogen) atoms. The van der Waals surface area contributed by atoms with Crippen molar-refractivity contribution < 1.29 is 14.7 Å². The van der Waals surface area contributed by atoms with Crippen LogP contribution in [0.2, 0.25) is 10.0 Å². The van der Waals surface area contributed by atoms with Gasteiger partial charge < -0.3 is 10.4 Å². The summed E-state index contributed by atoms with van der Waals surface area (Å²) in [5.41, 5.74) is 0.819. The van der Waals surface area contributed by atoms with E-state index >= 15 is 0 Å². The number of nitrogens with one attached hydrogen (secondary N) is 1. The zero-order valence-electron chi connectivity index (χ0n) is 14.1. The van der Waals surface area contributed by atoms with Crippen molar-refractivity contribution in [1.82, 2.24) is 10.2 Å². The molecule has 1 amide bonds. The Kier molecular flexibility index (Phi) is 6.01. The highest BCUT2D eigenvalue weighted by Crippen LogP contribution is 2.28. The third-order valence-corrected chi connectivity index (χ3v) is 5.33. The summed E-state index contributed by atoms with van der Waals surface area (Å²) < 4.78 is 0. The minimum atomic E-state index is -0.753. The van der Waals surface area contributed by atoms with Crippen LogP contribution >= 0.6 is 23.2 Å². The van der Waals surface area contributed by atoms with Crippen LogP contribution < -0.4 is 10.3 Å². The van der Waals surface area contributed by atoms with Gasteiger partial charge in [0, 0.05) is 13.0 Å². The van der Waals surface area contributed by atoms with E-state index in [1.807, 2.05) is 11.0 Å². The summed E-state index contributed by atoms with van der Waals surface area (Å²) in [7, 11) is 0. The minimum absolute atomic E-state index is 0.131. The lowest BCUT2D eigenvalue weighted by Crippen LogP contribution is -2.43. The first-order chi connectivity index (χ1) is 12.4. The Balaban J connectivity index is 1.50. The van der Waals surface area contributed by atoms with Crippen LogP contribution in [-0.4, -0.2) is 53.9 Å². The van der Waals surface area contributed by atoms with Gasteiger partial charge in [0.1, 0.15) is 5.84 Å². The number of hydrazone groups is 1. The van der Waals surface area contributed by atoms with E-state index in [0.717, 1.165) is 5.69 Å². The highest BCUT2D eigenvalue weighted by Gasteiger charge is 2.26. The zero-order valence-corrected chi connectivity index (χ0v) is 15.6. The number of amides is 1. The average Bonchev–Trinajstić information content (AvgIpc) is 3.06. The van der Waals surface area contributed by atoms with Crippen LogP contribution in [0.25, 0.3) is 0 Å². The summed E-state index contributed by atoms with van der Waals surface area (Å²) in [5, 5.41) is 19.0. The molecule has 2 N–H and O–H groups in total. The van der Waals surface area contributed by atoms with Crippen molar-refractivity contribution >= 4 is 46.6 Å². The quantitative estimate of drug-likeness (QED) is 0.813. The van der Waals surface area contributed by atoms with Crippen LogP contribution in [0.3, 0.4) is 0 Å². The van der Waals surface area contributed by atoms with Crippen LogP contribution in [0.4, 0.5) is 5.69 Å². The summed E-state index contributed by atoms with van der Waals surface area (Å²) in [4.78, 5) is 25.2. The number of anilines is 1. The van der Waals surface area contributed by atoms with Gasteiger partial charge in [0.05, 0.1) is 28.2 Å². The number of carboxylic acid groups (broad SMARTS) is 1. The maximum atomic E-state index is 12.2. The van der Waals surface area contributed by atoms with Crippen molar-refractivity contribution in [2.45, 2.75) is 19.3 Å². The van der Waals surface area contributed by atoms with Crippen molar-refractivity contribution in [3.05, 3.63) is 28.2 Å². The molecule has 0 saturated carbocycles. The third kappa shape index (κ3) is 4.66. The number of carbonyl (C=O) groups is 2. The molecule has 7 nitrogen and oxygen atoms in total. The first kappa shape index (κ1) is 18.9. The molecule has 0 unspecified atom stereocenters. The Morgan fingerprint density at radius 2 is 1.92 bits per heavy atom. The third-order valence-electron chi connectivity index (χ3n) is 4.59. The summed E-state index contributed by atoms with van der Waals surface area (Å²) in [6.45, 7) is 2.13. The predicted molar refractivity (Wildman–Crippen MR) is 101 cm³/mol. The summed E-state index contributed by atoms with van der Waals surface area (Å²) in [6, 6.07) is 5.28. The molecule has 0 atom stereocenters. The number of halogens is 2. The number of amidine groups is 1. The molecule has 2 aliphatic rings. The lowest BCUT2D eigenvalue weighted by molar-refractivity contribution is -0.143. The first-order valence-electron chi connectivity index (χ1n) is 8.47. The Bertz CT molecular complexity index is 733. The predicted octanol–water partition coefficient (Wildman–Crippen LogP) is 2.43. The van der Waals surface area contributed by atoms with Crippen molar-refractivity contribution in [3.8, 4) is 0 Å². The van der Waals surface area contributed by atoms with E-state index in [2.05, 4.69) is 10.4 Å². The zero-order chi connectivity index (χ0) is 18.7. The fraction of sp³-hybridized carbons (Fsp3) is 0.471. The first-order valence-corrected chi connectivity index (χ1v) is 9.23. The van der Waals surface area contributed by atoms with E-state index in [9.17, 15) is 9.59 Å². The van der Waals surface area contributed by atoms with Gasteiger partial charge in [-0.1, -0.05) is 23.2 Å². The number of carboxylic acids is 1. The molecule has 0 spiro atoms. The van der Waals surface area contributed by atoms with E-state index in [0.29, 0.717) is 54.8 Å². The maximum absolute atomic E-state index is 12.2. The molecule has 0 radical (unpaired) electrons. The SMILES string of the molecule is O=C(CN1CCC(C(=O)O)CC1)NC1=NN(c2ccc(Cl)c(Cl)c2)CC1. The number of rotatable bonds is 4. The van der Waals surface area contributed by atoms with Crippen LogP contribution in [0.5, 0.6) is 0 Å². The molecule has 1 fully saturated rings. The van der Waals surface area contributed by atoms with Crippen molar-refractivity contribution in [2.24, 2.45) is 11.0 Å². The Hall–Kier alpha value is -1.83. The molecule has 0 aromatic heterocycles. The Labute approximate surface area is 161 Å². The molecular formula is C17H20Cl2N4O3. The molecular weight excluding hydrogens is 379 g/mol.